The lowest BCUT2D eigenvalue weighted by Crippen LogP contribution is -2.39. The summed E-state index contributed by atoms with van der Waals surface area (Å²) in [7, 11) is -0.705. The standard InChI is InChI=1S/C10H21NO2S/c1-9(8-14(2)12)11-7-10-5-3-4-6-13-10/h9-11H,3-8H2,1-2H3. The summed E-state index contributed by atoms with van der Waals surface area (Å²) in [5.41, 5.74) is 0. The van der Waals surface area contributed by atoms with E-state index < -0.39 is 10.8 Å². The Hall–Kier alpha value is 0.0700. The average Bonchev–Trinajstić information content (AvgIpc) is 2.15. The summed E-state index contributed by atoms with van der Waals surface area (Å²) < 4.78 is 16.5. The van der Waals surface area contributed by atoms with Crippen LogP contribution >= 0.6 is 0 Å². The largest absolute Gasteiger partial charge is 0.377 e. The van der Waals surface area contributed by atoms with Crippen molar-refractivity contribution in [3.05, 3.63) is 0 Å². The van der Waals surface area contributed by atoms with Crippen LogP contribution in [-0.4, -0.2) is 41.5 Å². The molecule has 14 heavy (non-hydrogen) atoms. The second-order valence-electron chi connectivity index (χ2n) is 4.04. The average molecular weight is 219 g/mol. The monoisotopic (exact) mass is 219 g/mol. The number of ether oxygens (including phenoxy) is 1. The molecule has 0 amide bonds. The topological polar surface area (TPSA) is 38.3 Å². The van der Waals surface area contributed by atoms with Gasteiger partial charge >= 0.3 is 0 Å². The zero-order valence-electron chi connectivity index (χ0n) is 9.12. The van der Waals surface area contributed by atoms with E-state index in [0.717, 1.165) is 25.3 Å². The lowest BCUT2D eigenvalue weighted by molar-refractivity contribution is 0.0160. The summed E-state index contributed by atoms with van der Waals surface area (Å²) in [6.07, 6.45) is 5.76. The highest BCUT2D eigenvalue weighted by Crippen LogP contribution is 2.11. The van der Waals surface area contributed by atoms with Gasteiger partial charge in [-0.1, -0.05) is 0 Å². The molecule has 1 aliphatic heterocycles. The second-order valence-corrected chi connectivity index (χ2v) is 5.52. The SMILES string of the molecule is CC(CS(C)=O)NCC1CCCCO1. The van der Waals surface area contributed by atoms with E-state index in [0.29, 0.717) is 12.1 Å². The maximum atomic E-state index is 10.9. The molecule has 84 valence electrons. The van der Waals surface area contributed by atoms with Crippen molar-refractivity contribution in [1.29, 1.82) is 0 Å². The Bertz CT molecular complexity index is 181. The van der Waals surface area contributed by atoms with Crippen LogP contribution in [0.2, 0.25) is 0 Å². The zero-order valence-corrected chi connectivity index (χ0v) is 9.94. The molecule has 3 atom stereocenters. The smallest absolute Gasteiger partial charge is 0.0699 e. The quantitative estimate of drug-likeness (QED) is 0.747. The predicted octanol–water partition coefficient (Wildman–Crippen LogP) is 0.912. The molecule has 3 nitrogen and oxygen atoms in total. The molecule has 1 saturated heterocycles. The van der Waals surface area contributed by atoms with Gasteiger partial charge in [-0.25, -0.2) is 0 Å². The fourth-order valence-electron chi connectivity index (χ4n) is 1.71. The molecule has 3 unspecified atom stereocenters. The third kappa shape index (κ3) is 5.08. The van der Waals surface area contributed by atoms with Crippen LogP contribution in [0.5, 0.6) is 0 Å². The first-order chi connectivity index (χ1) is 6.68. The Labute approximate surface area is 89.1 Å². The fraction of sp³-hybridized carbons (Fsp3) is 1.00. The van der Waals surface area contributed by atoms with Gasteiger partial charge in [0.2, 0.25) is 0 Å². The summed E-state index contributed by atoms with van der Waals surface area (Å²) in [5, 5.41) is 3.37. The van der Waals surface area contributed by atoms with Crippen molar-refractivity contribution in [2.75, 3.05) is 25.2 Å². The van der Waals surface area contributed by atoms with Crippen molar-refractivity contribution in [3.63, 3.8) is 0 Å². The predicted molar refractivity (Wildman–Crippen MR) is 60.0 cm³/mol. The van der Waals surface area contributed by atoms with E-state index in [1.54, 1.807) is 6.26 Å². The van der Waals surface area contributed by atoms with E-state index in [4.69, 9.17) is 4.74 Å². The van der Waals surface area contributed by atoms with Crippen molar-refractivity contribution in [2.45, 2.75) is 38.3 Å². The minimum atomic E-state index is -0.705. The van der Waals surface area contributed by atoms with Crippen molar-refractivity contribution >= 4 is 10.8 Å². The van der Waals surface area contributed by atoms with Crippen LogP contribution < -0.4 is 5.32 Å². The number of nitrogens with one attached hydrogen (secondary N) is 1. The molecule has 4 heteroatoms. The van der Waals surface area contributed by atoms with Crippen LogP contribution in [0, 0.1) is 0 Å². The molecular formula is C10H21NO2S. The summed E-state index contributed by atoms with van der Waals surface area (Å²) in [6, 6.07) is 0.325. The van der Waals surface area contributed by atoms with E-state index in [1.807, 2.05) is 0 Å². The molecule has 0 saturated carbocycles. The van der Waals surface area contributed by atoms with Gasteiger partial charge in [0.15, 0.2) is 0 Å². The molecular weight excluding hydrogens is 198 g/mol. The maximum Gasteiger partial charge on any atom is 0.0699 e. The van der Waals surface area contributed by atoms with E-state index in [2.05, 4.69) is 12.2 Å². The van der Waals surface area contributed by atoms with Crippen LogP contribution in [0.3, 0.4) is 0 Å². The van der Waals surface area contributed by atoms with Gasteiger partial charge < -0.3 is 10.1 Å². The van der Waals surface area contributed by atoms with Crippen LogP contribution in [0.4, 0.5) is 0 Å². The highest BCUT2D eigenvalue weighted by Gasteiger charge is 2.14. The lowest BCUT2D eigenvalue weighted by atomic mass is 10.1. The number of rotatable bonds is 5. The first-order valence-corrected chi connectivity index (χ1v) is 7.06. The summed E-state index contributed by atoms with van der Waals surface area (Å²) in [5.74, 6) is 0.729. The fourth-order valence-corrected chi connectivity index (χ4v) is 2.53. The Kier molecular flexibility index (Phi) is 5.67. The van der Waals surface area contributed by atoms with E-state index in [9.17, 15) is 4.21 Å². The van der Waals surface area contributed by atoms with Gasteiger partial charge in [-0.3, -0.25) is 4.21 Å². The van der Waals surface area contributed by atoms with E-state index >= 15 is 0 Å². The van der Waals surface area contributed by atoms with Gasteiger partial charge in [0, 0.05) is 42.0 Å². The molecule has 0 aromatic carbocycles. The second kappa shape index (κ2) is 6.53. The Morgan fingerprint density at radius 3 is 2.93 bits per heavy atom. The van der Waals surface area contributed by atoms with Gasteiger partial charge in [0.1, 0.15) is 0 Å². The van der Waals surface area contributed by atoms with Gasteiger partial charge in [-0.15, -0.1) is 0 Å². The van der Waals surface area contributed by atoms with Crippen molar-refractivity contribution in [1.82, 2.24) is 5.32 Å². The number of hydrogen-bond acceptors (Lipinski definition) is 3. The molecule has 1 rings (SSSR count). The number of hydrogen-bond donors (Lipinski definition) is 1. The molecule has 1 N–H and O–H groups in total. The molecule has 1 heterocycles. The van der Waals surface area contributed by atoms with Crippen LogP contribution in [0.1, 0.15) is 26.2 Å². The minimum Gasteiger partial charge on any atom is -0.377 e. The van der Waals surface area contributed by atoms with Gasteiger partial charge in [0.05, 0.1) is 6.10 Å². The first kappa shape index (κ1) is 12.1. The van der Waals surface area contributed by atoms with Crippen LogP contribution in [0.15, 0.2) is 0 Å². The van der Waals surface area contributed by atoms with Gasteiger partial charge in [-0.05, 0) is 26.2 Å². The molecule has 0 bridgehead atoms. The van der Waals surface area contributed by atoms with Crippen molar-refractivity contribution in [2.24, 2.45) is 0 Å². The molecule has 0 spiro atoms. The Morgan fingerprint density at radius 1 is 1.57 bits per heavy atom. The minimum absolute atomic E-state index is 0.325. The van der Waals surface area contributed by atoms with Crippen molar-refractivity contribution in [3.8, 4) is 0 Å². The molecule has 0 radical (unpaired) electrons. The summed E-state index contributed by atoms with van der Waals surface area (Å²) >= 11 is 0. The van der Waals surface area contributed by atoms with Crippen LogP contribution in [-0.2, 0) is 15.5 Å². The maximum absolute atomic E-state index is 10.9. The summed E-state index contributed by atoms with van der Waals surface area (Å²) in [4.78, 5) is 0. The van der Waals surface area contributed by atoms with Crippen molar-refractivity contribution < 1.29 is 8.95 Å². The lowest BCUT2D eigenvalue weighted by Gasteiger charge is -2.24. The third-order valence-corrected chi connectivity index (χ3v) is 3.42. The zero-order chi connectivity index (χ0) is 10.4. The van der Waals surface area contributed by atoms with E-state index in [-0.39, 0.29) is 0 Å². The van der Waals surface area contributed by atoms with Crippen LogP contribution in [0.25, 0.3) is 0 Å². The molecule has 0 aliphatic carbocycles. The normalized spacial score (nSPS) is 27.1. The van der Waals surface area contributed by atoms with Gasteiger partial charge in [0.25, 0.3) is 0 Å². The molecule has 0 aromatic heterocycles. The van der Waals surface area contributed by atoms with Gasteiger partial charge in [-0.2, -0.15) is 0 Å². The molecule has 1 fully saturated rings. The molecule has 1 aliphatic rings. The highest BCUT2D eigenvalue weighted by atomic mass is 32.2. The first-order valence-electron chi connectivity index (χ1n) is 5.33. The Morgan fingerprint density at radius 2 is 2.36 bits per heavy atom. The molecule has 0 aromatic rings. The Balaban J connectivity index is 2.09. The van der Waals surface area contributed by atoms with E-state index in [1.165, 1.54) is 12.8 Å². The summed E-state index contributed by atoms with van der Waals surface area (Å²) in [6.45, 7) is 3.88. The third-order valence-electron chi connectivity index (χ3n) is 2.45. The highest BCUT2D eigenvalue weighted by molar-refractivity contribution is 7.84.